The summed E-state index contributed by atoms with van der Waals surface area (Å²) >= 11 is 0. The largest absolute Gasteiger partial charge is 0.479 e. The molecule has 1 aliphatic rings. The summed E-state index contributed by atoms with van der Waals surface area (Å²) in [6.07, 6.45) is -1.63. The van der Waals surface area contributed by atoms with Gasteiger partial charge in [-0.3, -0.25) is 19.7 Å². The number of rotatable bonds is 9. The lowest BCUT2D eigenvalue weighted by Crippen LogP contribution is -2.49. The third kappa shape index (κ3) is 10.7. The van der Waals surface area contributed by atoms with Crippen LogP contribution in [0.15, 0.2) is 48.5 Å². The zero-order valence-corrected chi connectivity index (χ0v) is 23.7. The number of carbonyl (C=O) groups is 4. The number of benzene rings is 2. The highest BCUT2D eigenvalue weighted by atomic mass is 19.3. The van der Waals surface area contributed by atoms with Crippen molar-refractivity contribution >= 4 is 23.8 Å². The van der Waals surface area contributed by atoms with Crippen LogP contribution in [0.4, 0.5) is 8.78 Å². The van der Waals surface area contributed by atoms with Crippen molar-refractivity contribution in [3.05, 3.63) is 65.2 Å². The summed E-state index contributed by atoms with van der Waals surface area (Å²) in [5.74, 6) is -5.45. The predicted molar refractivity (Wildman–Crippen MR) is 167 cm³/mol. The van der Waals surface area contributed by atoms with Crippen LogP contribution in [0, 0.1) is 12.3 Å². The Morgan fingerprint density at radius 3 is 2.11 bits per heavy atom. The van der Waals surface area contributed by atoms with E-state index in [4.69, 9.17) is 9.84 Å². The van der Waals surface area contributed by atoms with Crippen LogP contribution in [0.2, 0.25) is 0 Å². The average molecular weight is 626 g/mol. The van der Waals surface area contributed by atoms with E-state index in [9.17, 15) is 33.1 Å². The molecule has 1 saturated heterocycles. The first-order valence-corrected chi connectivity index (χ1v) is 13.0. The van der Waals surface area contributed by atoms with Gasteiger partial charge in [-0.05, 0) is 38.0 Å². The number of carboxylic acid groups (broad SMARTS) is 1. The number of aliphatic hydroxyl groups excluding tert-OH is 1. The highest BCUT2D eigenvalue weighted by Gasteiger charge is 2.58. The smallest absolute Gasteiger partial charge is 0.334 e. The van der Waals surface area contributed by atoms with Crippen LogP contribution < -0.4 is 20.7 Å². The number of ether oxygens (including phenoxy) is 1. The normalized spacial score (nSPS) is 17.0. The van der Waals surface area contributed by atoms with Gasteiger partial charge in [0.05, 0.1) is 24.0 Å². The molecule has 2 amide bonds. The van der Waals surface area contributed by atoms with Crippen molar-refractivity contribution in [3.63, 3.8) is 0 Å². The van der Waals surface area contributed by atoms with Gasteiger partial charge in [0.15, 0.2) is 6.10 Å². The Kier molecular flexibility index (Phi) is 17.3. The number of hydrogen-bond donors (Lipinski definition) is 5. The monoisotopic (exact) mass is 625 g/mol. The molecule has 2 aromatic rings. The fourth-order valence-corrected chi connectivity index (χ4v) is 4.27. The second-order valence-electron chi connectivity index (χ2n) is 10.2. The second-order valence-corrected chi connectivity index (χ2v) is 10.2. The molecule has 1 heterocycles. The van der Waals surface area contributed by atoms with E-state index in [-0.39, 0.29) is 45.9 Å². The lowest BCUT2D eigenvalue weighted by atomic mass is 9.81. The fraction of sp³-hybridized carbons (Fsp3) is 0.500. The topological polar surface area (TPSA) is 154 Å². The quantitative estimate of drug-likeness (QED) is 0.203. The Labute approximate surface area is 259 Å². The van der Waals surface area contributed by atoms with Gasteiger partial charge in [0.25, 0.3) is 11.8 Å². The first kappa shape index (κ1) is 42.2. The van der Waals surface area contributed by atoms with Crippen LogP contribution in [0.1, 0.15) is 71.5 Å². The van der Waals surface area contributed by atoms with Crippen molar-refractivity contribution in [3.8, 4) is 5.75 Å². The van der Waals surface area contributed by atoms with Gasteiger partial charge in [0.1, 0.15) is 5.75 Å². The minimum atomic E-state index is -2.83. The summed E-state index contributed by atoms with van der Waals surface area (Å²) in [6, 6.07) is 11.7. The summed E-state index contributed by atoms with van der Waals surface area (Å²) < 4.78 is 31.7. The molecule has 248 valence electrons. The first-order valence-electron chi connectivity index (χ1n) is 13.0. The molecule has 0 spiro atoms. The molecule has 3 atom stereocenters. The van der Waals surface area contributed by atoms with Crippen molar-refractivity contribution in [2.75, 3.05) is 13.1 Å². The Balaban J connectivity index is 0. The van der Waals surface area contributed by atoms with E-state index in [1.165, 1.54) is 26.8 Å². The van der Waals surface area contributed by atoms with Crippen LogP contribution in [-0.4, -0.2) is 71.2 Å². The SMILES string of the molecule is C.C.C.CC(=O)Oc1cccc(C(=O)N[C@@H](Cc2ccccc2)[C@H](O)C(=O)O)c1C.CCNC(=O)C1NCC(F)(F)C1(C)C. The van der Waals surface area contributed by atoms with Crippen molar-refractivity contribution < 1.29 is 42.9 Å². The minimum absolute atomic E-state index is 0. The Morgan fingerprint density at radius 2 is 1.64 bits per heavy atom. The molecular formula is C32H49F2N3O7. The van der Waals surface area contributed by atoms with E-state index < -0.39 is 53.9 Å². The lowest BCUT2D eigenvalue weighted by Gasteiger charge is -2.30. The maximum absolute atomic E-state index is 13.3. The standard InChI is InChI=1S/C20H21NO6.C9H16F2N2O.3CH4/c1-12-15(9-6-10-17(12)27-13(2)22)19(24)21-16(18(23)20(25)26)11-14-7-4-3-5-8-14;1-4-12-7(14)6-8(2,3)9(10,11)5-13-6;;;/h3-10,16,18,23H,11H2,1-2H3,(H,21,24)(H,25,26);6,13H,4-5H2,1-3H3,(H,12,14);3*1H4/t16-,18-;;;;/m0..../s1. The number of esters is 1. The summed E-state index contributed by atoms with van der Waals surface area (Å²) in [6.45, 7) is 7.48. The highest BCUT2D eigenvalue weighted by Crippen LogP contribution is 2.43. The van der Waals surface area contributed by atoms with E-state index >= 15 is 0 Å². The zero-order valence-electron chi connectivity index (χ0n) is 23.7. The number of amides is 2. The molecule has 0 bridgehead atoms. The van der Waals surface area contributed by atoms with Crippen molar-refractivity contribution in [2.24, 2.45) is 5.41 Å². The molecule has 1 fully saturated rings. The fourth-order valence-electron chi connectivity index (χ4n) is 4.27. The molecule has 44 heavy (non-hydrogen) atoms. The molecule has 1 unspecified atom stereocenters. The number of likely N-dealkylation sites (N-methyl/N-ethyl adjacent to an activating group) is 1. The first-order chi connectivity index (χ1) is 19.1. The molecule has 5 N–H and O–H groups in total. The van der Waals surface area contributed by atoms with Gasteiger partial charge >= 0.3 is 11.9 Å². The number of aliphatic carboxylic acids is 1. The van der Waals surface area contributed by atoms with Crippen LogP contribution in [0.3, 0.4) is 0 Å². The van der Waals surface area contributed by atoms with Crippen LogP contribution in [-0.2, 0) is 20.8 Å². The number of halogens is 2. The number of aliphatic hydroxyl groups is 1. The number of hydrogen-bond acceptors (Lipinski definition) is 7. The van der Waals surface area contributed by atoms with Crippen LogP contribution in [0.25, 0.3) is 0 Å². The molecule has 2 aromatic carbocycles. The molecule has 0 radical (unpaired) electrons. The van der Waals surface area contributed by atoms with Gasteiger partial charge in [0, 0.05) is 24.6 Å². The molecule has 10 nitrogen and oxygen atoms in total. The van der Waals surface area contributed by atoms with Gasteiger partial charge in [-0.15, -0.1) is 0 Å². The Morgan fingerprint density at radius 1 is 1.05 bits per heavy atom. The van der Waals surface area contributed by atoms with Crippen molar-refractivity contribution in [1.29, 1.82) is 0 Å². The minimum Gasteiger partial charge on any atom is -0.479 e. The summed E-state index contributed by atoms with van der Waals surface area (Å²) in [7, 11) is 0. The Hall–Kier alpha value is -3.90. The van der Waals surface area contributed by atoms with Crippen molar-refractivity contribution in [2.45, 2.75) is 87.4 Å². The number of nitrogens with one attached hydrogen (secondary N) is 3. The molecule has 3 rings (SSSR count). The number of carboxylic acids is 1. The van der Waals surface area contributed by atoms with E-state index in [0.29, 0.717) is 12.1 Å². The predicted octanol–water partition coefficient (Wildman–Crippen LogP) is 4.37. The number of alkyl halides is 2. The lowest BCUT2D eigenvalue weighted by molar-refractivity contribution is -0.148. The van der Waals surface area contributed by atoms with E-state index in [1.54, 1.807) is 50.2 Å². The van der Waals surface area contributed by atoms with Gasteiger partial charge in [-0.1, -0.05) is 72.5 Å². The maximum atomic E-state index is 13.3. The van der Waals surface area contributed by atoms with E-state index in [1.807, 2.05) is 6.07 Å². The van der Waals surface area contributed by atoms with Gasteiger partial charge in [-0.2, -0.15) is 0 Å². The van der Waals surface area contributed by atoms with E-state index in [0.717, 1.165) is 5.56 Å². The van der Waals surface area contributed by atoms with Crippen LogP contribution in [0.5, 0.6) is 5.75 Å². The maximum Gasteiger partial charge on any atom is 0.334 e. The summed E-state index contributed by atoms with van der Waals surface area (Å²) in [4.78, 5) is 46.5. The molecule has 0 saturated carbocycles. The third-order valence-electron chi connectivity index (χ3n) is 6.84. The highest BCUT2D eigenvalue weighted by molar-refractivity contribution is 5.97. The van der Waals surface area contributed by atoms with Crippen molar-refractivity contribution in [1.82, 2.24) is 16.0 Å². The second kappa shape index (κ2) is 18.0. The van der Waals surface area contributed by atoms with Gasteiger partial charge < -0.3 is 25.6 Å². The summed E-state index contributed by atoms with van der Waals surface area (Å²) in [5, 5.41) is 26.8. The van der Waals surface area contributed by atoms with Gasteiger partial charge in [-0.25, -0.2) is 13.6 Å². The Bertz CT molecular complexity index is 1240. The number of carbonyl (C=O) groups excluding carboxylic acids is 3. The third-order valence-corrected chi connectivity index (χ3v) is 6.84. The average Bonchev–Trinajstić information content (AvgIpc) is 3.11. The molecule has 12 heteroatoms. The zero-order chi connectivity index (χ0) is 31.0. The molecule has 0 aliphatic carbocycles. The van der Waals surface area contributed by atoms with E-state index in [2.05, 4.69) is 16.0 Å². The molecule has 0 aromatic heterocycles. The van der Waals surface area contributed by atoms with Gasteiger partial charge in [0.2, 0.25) is 5.91 Å². The summed E-state index contributed by atoms with van der Waals surface area (Å²) in [5.41, 5.74) is 0.109. The van der Waals surface area contributed by atoms with Crippen LogP contribution >= 0.6 is 0 Å². The molecular weight excluding hydrogens is 576 g/mol. The molecule has 1 aliphatic heterocycles.